The van der Waals surface area contributed by atoms with Crippen LogP contribution in [0.2, 0.25) is 5.02 Å². The molecule has 2 N–H and O–H groups in total. The molecule has 17 heavy (non-hydrogen) atoms. The van der Waals surface area contributed by atoms with Crippen molar-refractivity contribution in [1.82, 2.24) is 4.98 Å². The van der Waals surface area contributed by atoms with Crippen LogP contribution in [0.4, 0.5) is 10.2 Å². The van der Waals surface area contributed by atoms with Gasteiger partial charge in [0, 0.05) is 21.8 Å². The standard InChI is InChI=1S/C12H9BrClFN2/c1-6-4-5-17-12(16)9(6)7-2-3-8(13)10(14)11(7)15/h2-5H,1H3,(H2,16,17). The van der Waals surface area contributed by atoms with E-state index in [2.05, 4.69) is 20.9 Å². The topological polar surface area (TPSA) is 38.9 Å². The summed E-state index contributed by atoms with van der Waals surface area (Å²) in [5.74, 6) is -0.203. The van der Waals surface area contributed by atoms with E-state index in [4.69, 9.17) is 17.3 Å². The van der Waals surface area contributed by atoms with E-state index in [1.54, 1.807) is 24.4 Å². The highest BCUT2D eigenvalue weighted by Gasteiger charge is 2.15. The van der Waals surface area contributed by atoms with Crippen molar-refractivity contribution >= 4 is 33.3 Å². The molecule has 2 nitrogen and oxygen atoms in total. The lowest BCUT2D eigenvalue weighted by molar-refractivity contribution is 0.631. The Bertz CT molecular complexity index is 567. The van der Waals surface area contributed by atoms with Crippen LogP contribution >= 0.6 is 27.5 Å². The average molecular weight is 316 g/mol. The van der Waals surface area contributed by atoms with Gasteiger partial charge in [-0.25, -0.2) is 9.37 Å². The summed E-state index contributed by atoms with van der Waals surface area (Å²) in [6.07, 6.45) is 1.59. The minimum Gasteiger partial charge on any atom is -0.383 e. The van der Waals surface area contributed by atoms with Crippen LogP contribution in [0.15, 0.2) is 28.9 Å². The van der Waals surface area contributed by atoms with Crippen LogP contribution in [0.3, 0.4) is 0 Å². The summed E-state index contributed by atoms with van der Waals surface area (Å²) in [7, 11) is 0. The predicted octanol–water partition coefficient (Wildman–Crippen LogP) is 4.19. The molecule has 0 aliphatic heterocycles. The van der Waals surface area contributed by atoms with Crippen LogP contribution in [-0.4, -0.2) is 4.98 Å². The lowest BCUT2D eigenvalue weighted by atomic mass is 10.0. The zero-order chi connectivity index (χ0) is 12.6. The summed E-state index contributed by atoms with van der Waals surface area (Å²) in [5, 5.41) is 0.0464. The van der Waals surface area contributed by atoms with Gasteiger partial charge in [0.05, 0.1) is 5.02 Å². The summed E-state index contributed by atoms with van der Waals surface area (Å²) in [6.45, 7) is 1.85. The Balaban J connectivity index is 2.74. The van der Waals surface area contributed by atoms with Crippen LogP contribution in [0.1, 0.15) is 5.56 Å². The van der Waals surface area contributed by atoms with Gasteiger partial charge in [0.25, 0.3) is 0 Å². The number of aryl methyl sites for hydroxylation is 1. The lowest BCUT2D eigenvalue weighted by Crippen LogP contribution is -1.98. The number of pyridine rings is 1. The van der Waals surface area contributed by atoms with E-state index in [9.17, 15) is 4.39 Å². The van der Waals surface area contributed by atoms with E-state index in [1.165, 1.54) is 0 Å². The summed E-state index contributed by atoms with van der Waals surface area (Å²) < 4.78 is 14.6. The molecule has 0 saturated carbocycles. The molecule has 0 amide bonds. The number of halogens is 3. The maximum atomic E-state index is 14.1. The summed E-state index contributed by atoms with van der Waals surface area (Å²) in [6, 6.07) is 5.10. The Kier molecular flexibility index (Phi) is 3.35. The van der Waals surface area contributed by atoms with Gasteiger partial charge >= 0.3 is 0 Å². The second kappa shape index (κ2) is 4.63. The first-order valence-corrected chi connectivity index (χ1v) is 6.04. The molecule has 0 bridgehead atoms. The van der Waals surface area contributed by atoms with Crippen LogP contribution in [-0.2, 0) is 0 Å². The number of nitrogens with zero attached hydrogens (tertiary/aromatic N) is 1. The molecule has 0 aliphatic rings. The van der Waals surface area contributed by atoms with E-state index in [0.29, 0.717) is 21.4 Å². The summed E-state index contributed by atoms with van der Waals surface area (Å²) >= 11 is 9.03. The molecule has 0 atom stereocenters. The molecule has 0 spiro atoms. The van der Waals surface area contributed by atoms with Crippen molar-refractivity contribution in [2.75, 3.05) is 5.73 Å². The normalized spacial score (nSPS) is 10.6. The minimum absolute atomic E-state index is 0.0464. The fourth-order valence-corrected chi connectivity index (χ4v) is 2.12. The number of nitrogen functional groups attached to an aromatic ring is 1. The van der Waals surface area contributed by atoms with Crippen molar-refractivity contribution in [2.45, 2.75) is 6.92 Å². The Labute approximate surface area is 112 Å². The molecule has 2 rings (SSSR count). The number of rotatable bonds is 1. The third-order valence-electron chi connectivity index (χ3n) is 2.49. The number of nitrogens with two attached hydrogens (primary N) is 1. The maximum Gasteiger partial charge on any atom is 0.150 e. The maximum absolute atomic E-state index is 14.1. The number of benzene rings is 1. The van der Waals surface area contributed by atoms with Crippen molar-refractivity contribution in [3.05, 3.63) is 45.3 Å². The first kappa shape index (κ1) is 12.3. The Hall–Kier alpha value is -1.13. The van der Waals surface area contributed by atoms with Gasteiger partial charge in [-0.3, -0.25) is 0 Å². The molecule has 1 aromatic carbocycles. The molecular weight excluding hydrogens is 307 g/mol. The highest BCUT2D eigenvalue weighted by molar-refractivity contribution is 9.10. The van der Waals surface area contributed by atoms with E-state index in [-0.39, 0.29) is 5.02 Å². The van der Waals surface area contributed by atoms with E-state index >= 15 is 0 Å². The molecule has 1 aromatic heterocycles. The van der Waals surface area contributed by atoms with Gasteiger partial charge in [0.1, 0.15) is 5.82 Å². The van der Waals surface area contributed by atoms with Crippen molar-refractivity contribution < 1.29 is 4.39 Å². The van der Waals surface area contributed by atoms with Gasteiger partial charge in [-0.15, -0.1) is 0 Å². The minimum atomic E-state index is -0.496. The second-order valence-electron chi connectivity index (χ2n) is 3.61. The third kappa shape index (κ3) is 2.15. The zero-order valence-corrected chi connectivity index (χ0v) is 11.3. The molecule has 1 heterocycles. The second-order valence-corrected chi connectivity index (χ2v) is 4.84. The predicted molar refractivity (Wildman–Crippen MR) is 71.5 cm³/mol. The van der Waals surface area contributed by atoms with Crippen LogP contribution < -0.4 is 5.73 Å². The highest BCUT2D eigenvalue weighted by Crippen LogP contribution is 2.36. The number of hydrogen-bond acceptors (Lipinski definition) is 2. The first-order chi connectivity index (χ1) is 8.02. The van der Waals surface area contributed by atoms with Gasteiger partial charge in [-0.05, 0) is 40.5 Å². The molecule has 0 unspecified atom stereocenters. The smallest absolute Gasteiger partial charge is 0.150 e. The van der Waals surface area contributed by atoms with Crippen LogP contribution in [0.25, 0.3) is 11.1 Å². The van der Waals surface area contributed by atoms with Gasteiger partial charge in [0.2, 0.25) is 0 Å². The van der Waals surface area contributed by atoms with Crippen molar-refractivity contribution in [2.24, 2.45) is 0 Å². The first-order valence-electron chi connectivity index (χ1n) is 4.87. The van der Waals surface area contributed by atoms with E-state index in [1.807, 2.05) is 6.92 Å². The Morgan fingerprint density at radius 1 is 1.35 bits per heavy atom. The van der Waals surface area contributed by atoms with Crippen molar-refractivity contribution in [1.29, 1.82) is 0 Å². The van der Waals surface area contributed by atoms with Crippen molar-refractivity contribution in [3.63, 3.8) is 0 Å². The molecule has 0 saturated heterocycles. The van der Waals surface area contributed by atoms with Crippen LogP contribution in [0.5, 0.6) is 0 Å². The summed E-state index contributed by atoms with van der Waals surface area (Å²) in [5.41, 5.74) is 7.58. The lowest BCUT2D eigenvalue weighted by Gasteiger charge is -2.11. The monoisotopic (exact) mass is 314 g/mol. The fraction of sp³-hybridized carbons (Fsp3) is 0.0833. The molecule has 0 fully saturated rings. The molecule has 5 heteroatoms. The largest absolute Gasteiger partial charge is 0.383 e. The van der Waals surface area contributed by atoms with Crippen LogP contribution in [0, 0.1) is 12.7 Å². The molecule has 0 aliphatic carbocycles. The third-order valence-corrected chi connectivity index (χ3v) is 3.75. The quantitative estimate of drug-likeness (QED) is 0.801. The van der Waals surface area contributed by atoms with Gasteiger partial charge in [-0.1, -0.05) is 17.7 Å². The van der Waals surface area contributed by atoms with Crippen molar-refractivity contribution in [3.8, 4) is 11.1 Å². The SMILES string of the molecule is Cc1ccnc(N)c1-c1ccc(Br)c(Cl)c1F. The Morgan fingerprint density at radius 3 is 2.71 bits per heavy atom. The average Bonchev–Trinajstić information content (AvgIpc) is 2.29. The van der Waals surface area contributed by atoms with Gasteiger partial charge < -0.3 is 5.73 Å². The summed E-state index contributed by atoms with van der Waals surface area (Å²) in [4.78, 5) is 3.97. The molecular formula is C12H9BrClFN2. The zero-order valence-electron chi connectivity index (χ0n) is 8.97. The Morgan fingerprint density at radius 2 is 2.06 bits per heavy atom. The molecule has 2 aromatic rings. The molecule has 88 valence electrons. The number of anilines is 1. The van der Waals surface area contributed by atoms with E-state index in [0.717, 1.165) is 5.56 Å². The molecule has 0 radical (unpaired) electrons. The highest BCUT2D eigenvalue weighted by atomic mass is 79.9. The van der Waals surface area contributed by atoms with Gasteiger partial charge in [-0.2, -0.15) is 0 Å². The number of aromatic nitrogens is 1. The van der Waals surface area contributed by atoms with Gasteiger partial charge in [0.15, 0.2) is 5.82 Å². The van der Waals surface area contributed by atoms with E-state index < -0.39 is 5.82 Å². The fourth-order valence-electron chi connectivity index (χ4n) is 1.65. The number of hydrogen-bond donors (Lipinski definition) is 1.